The van der Waals surface area contributed by atoms with E-state index in [9.17, 15) is 5.26 Å². The van der Waals surface area contributed by atoms with Gasteiger partial charge < -0.3 is 4.74 Å². The minimum Gasteiger partial charge on any atom is -0.376 e. The van der Waals surface area contributed by atoms with Gasteiger partial charge in [-0.05, 0) is 24.1 Å². The molecule has 1 aliphatic rings. The van der Waals surface area contributed by atoms with Crippen LogP contribution in [0.1, 0.15) is 17.7 Å². The minimum absolute atomic E-state index is 0.256. The Bertz CT molecular complexity index is 606. The van der Waals surface area contributed by atoms with E-state index in [1.807, 2.05) is 48.5 Å². The normalized spacial score (nSPS) is 24.1. The number of nitrogens with zero attached hydrogens (tertiary/aromatic N) is 2. The first-order chi connectivity index (χ1) is 9.85. The monoisotopic (exact) mass is 264 g/mol. The van der Waals surface area contributed by atoms with Gasteiger partial charge in [0.15, 0.2) is 0 Å². The van der Waals surface area contributed by atoms with E-state index in [0.29, 0.717) is 13.2 Å². The first kappa shape index (κ1) is 12.8. The molecule has 2 atom stereocenters. The van der Waals surface area contributed by atoms with Gasteiger partial charge in [0.05, 0.1) is 25.0 Å². The molecule has 1 aliphatic carbocycles. The summed E-state index contributed by atoms with van der Waals surface area (Å²) >= 11 is 0. The fourth-order valence-corrected chi connectivity index (χ4v) is 2.56. The molecule has 0 N–H and O–H groups in total. The third kappa shape index (κ3) is 2.43. The second-order valence-electron chi connectivity index (χ2n) is 5.20. The molecule has 0 aliphatic heterocycles. The lowest BCUT2D eigenvalue weighted by Crippen LogP contribution is -2.12. The number of hydrogen-bond donors (Lipinski definition) is 0. The summed E-state index contributed by atoms with van der Waals surface area (Å²) in [4.78, 5) is 4.32. The highest BCUT2D eigenvalue weighted by Gasteiger charge is 2.57. The van der Waals surface area contributed by atoms with Crippen LogP contribution in [0.15, 0.2) is 54.7 Å². The molecule has 3 heteroatoms. The Kier molecular flexibility index (Phi) is 3.49. The Morgan fingerprint density at radius 1 is 1.20 bits per heavy atom. The van der Waals surface area contributed by atoms with Gasteiger partial charge in [-0.3, -0.25) is 4.98 Å². The number of hydrogen-bond acceptors (Lipinski definition) is 3. The number of ether oxygens (including phenoxy) is 1. The number of pyridine rings is 1. The molecule has 0 unspecified atom stereocenters. The topological polar surface area (TPSA) is 45.9 Å². The van der Waals surface area contributed by atoms with E-state index in [1.165, 1.54) is 0 Å². The molecule has 0 bridgehead atoms. The van der Waals surface area contributed by atoms with Gasteiger partial charge in [0, 0.05) is 12.1 Å². The van der Waals surface area contributed by atoms with Gasteiger partial charge >= 0.3 is 0 Å². The van der Waals surface area contributed by atoms with Crippen LogP contribution in [0.2, 0.25) is 0 Å². The zero-order valence-corrected chi connectivity index (χ0v) is 11.2. The molecule has 2 aromatic rings. The summed E-state index contributed by atoms with van der Waals surface area (Å²) in [6, 6.07) is 18.2. The van der Waals surface area contributed by atoms with Crippen molar-refractivity contribution < 1.29 is 4.74 Å². The lowest BCUT2D eigenvalue weighted by atomic mass is 10.0. The van der Waals surface area contributed by atoms with Crippen molar-refractivity contribution in [3.8, 4) is 6.07 Å². The summed E-state index contributed by atoms with van der Waals surface area (Å²) in [5.74, 6) is 0.256. The maximum absolute atomic E-state index is 9.45. The van der Waals surface area contributed by atoms with Crippen LogP contribution in [0.3, 0.4) is 0 Å². The van der Waals surface area contributed by atoms with Crippen LogP contribution in [-0.4, -0.2) is 11.6 Å². The molecule has 1 fully saturated rings. The van der Waals surface area contributed by atoms with Crippen molar-refractivity contribution in [2.24, 2.45) is 5.92 Å². The van der Waals surface area contributed by atoms with Gasteiger partial charge in [0.2, 0.25) is 0 Å². The first-order valence-corrected chi connectivity index (χ1v) is 6.79. The molecular formula is C17H16N2O. The molecule has 1 aromatic heterocycles. The van der Waals surface area contributed by atoms with E-state index < -0.39 is 5.41 Å². The fourth-order valence-electron chi connectivity index (χ4n) is 2.56. The van der Waals surface area contributed by atoms with E-state index in [-0.39, 0.29) is 5.92 Å². The van der Waals surface area contributed by atoms with E-state index in [2.05, 4.69) is 11.1 Å². The first-order valence-electron chi connectivity index (χ1n) is 6.79. The second kappa shape index (κ2) is 5.44. The quantitative estimate of drug-likeness (QED) is 0.833. The van der Waals surface area contributed by atoms with Gasteiger partial charge in [-0.15, -0.1) is 0 Å². The maximum atomic E-state index is 9.45. The SMILES string of the molecule is N#C[C@]1(c2ccccn2)C[C@@H]1COCc1ccccc1. The largest absolute Gasteiger partial charge is 0.376 e. The predicted molar refractivity (Wildman–Crippen MR) is 75.7 cm³/mol. The number of aromatic nitrogens is 1. The number of rotatable bonds is 5. The van der Waals surface area contributed by atoms with Crippen LogP contribution in [0.4, 0.5) is 0 Å². The molecule has 1 aromatic carbocycles. The average Bonchev–Trinajstić information content (AvgIpc) is 3.24. The van der Waals surface area contributed by atoms with Crippen molar-refractivity contribution in [2.45, 2.75) is 18.4 Å². The third-order valence-electron chi connectivity index (χ3n) is 3.86. The molecule has 0 spiro atoms. The minimum atomic E-state index is -0.433. The molecule has 0 amide bonds. The van der Waals surface area contributed by atoms with E-state index in [1.54, 1.807) is 6.20 Å². The lowest BCUT2D eigenvalue weighted by molar-refractivity contribution is 0.108. The molecule has 0 radical (unpaired) electrons. The van der Waals surface area contributed by atoms with Gasteiger partial charge in [-0.2, -0.15) is 5.26 Å². The summed E-state index contributed by atoms with van der Waals surface area (Å²) in [6.07, 6.45) is 2.59. The van der Waals surface area contributed by atoms with Crippen LogP contribution >= 0.6 is 0 Å². The van der Waals surface area contributed by atoms with Crippen molar-refractivity contribution in [3.63, 3.8) is 0 Å². The fraction of sp³-hybridized carbons (Fsp3) is 0.294. The highest BCUT2D eigenvalue weighted by Crippen LogP contribution is 2.53. The zero-order chi connectivity index (χ0) is 13.8. The third-order valence-corrected chi connectivity index (χ3v) is 3.86. The summed E-state index contributed by atoms with van der Waals surface area (Å²) in [5, 5.41) is 9.45. The number of nitriles is 1. The van der Waals surface area contributed by atoms with Crippen LogP contribution in [0, 0.1) is 17.2 Å². The maximum Gasteiger partial charge on any atom is 0.105 e. The predicted octanol–water partition coefficient (Wildman–Crippen LogP) is 3.08. The van der Waals surface area contributed by atoms with Gasteiger partial charge in [0.1, 0.15) is 5.41 Å². The summed E-state index contributed by atoms with van der Waals surface area (Å²) in [6.45, 7) is 1.21. The summed E-state index contributed by atoms with van der Waals surface area (Å²) in [5.41, 5.74) is 1.60. The van der Waals surface area contributed by atoms with Crippen LogP contribution in [0.25, 0.3) is 0 Å². The summed E-state index contributed by atoms with van der Waals surface area (Å²) in [7, 11) is 0. The Morgan fingerprint density at radius 2 is 2.00 bits per heavy atom. The Hall–Kier alpha value is -2.18. The molecule has 1 heterocycles. The molecule has 3 rings (SSSR count). The number of benzene rings is 1. The Morgan fingerprint density at radius 3 is 2.70 bits per heavy atom. The smallest absolute Gasteiger partial charge is 0.105 e. The van der Waals surface area contributed by atoms with E-state index >= 15 is 0 Å². The Balaban J connectivity index is 1.57. The lowest BCUT2D eigenvalue weighted by Gasteiger charge is -2.08. The van der Waals surface area contributed by atoms with E-state index in [4.69, 9.17) is 4.74 Å². The van der Waals surface area contributed by atoms with Crippen molar-refractivity contribution in [2.75, 3.05) is 6.61 Å². The van der Waals surface area contributed by atoms with Crippen molar-refractivity contribution in [3.05, 3.63) is 66.0 Å². The molecule has 3 nitrogen and oxygen atoms in total. The van der Waals surface area contributed by atoms with Gasteiger partial charge in [-0.1, -0.05) is 36.4 Å². The molecule has 0 saturated heterocycles. The van der Waals surface area contributed by atoms with Crippen molar-refractivity contribution in [1.82, 2.24) is 4.98 Å². The highest BCUT2D eigenvalue weighted by molar-refractivity contribution is 5.37. The van der Waals surface area contributed by atoms with Crippen molar-refractivity contribution in [1.29, 1.82) is 5.26 Å². The zero-order valence-electron chi connectivity index (χ0n) is 11.2. The van der Waals surface area contributed by atoms with Crippen LogP contribution in [0.5, 0.6) is 0 Å². The van der Waals surface area contributed by atoms with Gasteiger partial charge in [-0.25, -0.2) is 0 Å². The van der Waals surface area contributed by atoms with Crippen LogP contribution in [-0.2, 0) is 16.8 Å². The van der Waals surface area contributed by atoms with Crippen molar-refractivity contribution >= 4 is 0 Å². The van der Waals surface area contributed by atoms with Crippen LogP contribution < -0.4 is 0 Å². The Labute approximate surface area is 118 Å². The van der Waals surface area contributed by atoms with Gasteiger partial charge in [0.25, 0.3) is 0 Å². The average molecular weight is 264 g/mol. The summed E-state index contributed by atoms with van der Waals surface area (Å²) < 4.78 is 5.74. The van der Waals surface area contributed by atoms with E-state index in [0.717, 1.165) is 17.7 Å². The molecule has 100 valence electrons. The highest BCUT2D eigenvalue weighted by atomic mass is 16.5. The molecule has 1 saturated carbocycles. The molecule has 20 heavy (non-hydrogen) atoms. The molecular weight excluding hydrogens is 248 g/mol. The standard InChI is InChI=1S/C17H16N2O/c18-13-17(16-8-4-5-9-19-16)10-15(17)12-20-11-14-6-2-1-3-7-14/h1-9,15H,10-12H2/t15-,17-/m1/s1. The second-order valence-corrected chi connectivity index (χ2v) is 5.20.